The molecule has 3 amide bonds. The summed E-state index contributed by atoms with van der Waals surface area (Å²) >= 11 is 0. The first-order chi connectivity index (χ1) is 11.2. The molecule has 0 heterocycles. The summed E-state index contributed by atoms with van der Waals surface area (Å²) in [6.07, 6.45) is 1.02. The second-order valence-electron chi connectivity index (χ2n) is 5.00. The number of carbonyl (C=O) groups excluding carboxylic acids is 2. The lowest BCUT2D eigenvalue weighted by Crippen LogP contribution is -2.45. The lowest BCUT2D eigenvalue weighted by Gasteiger charge is -2.17. The van der Waals surface area contributed by atoms with Crippen LogP contribution in [0.2, 0.25) is 0 Å². The fourth-order valence-electron chi connectivity index (χ4n) is 1.82. The van der Waals surface area contributed by atoms with E-state index in [1.165, 1.54) is 13.2 Å². The number of anilines is 2. The molecular weight excluding hydrogens is 336 g/mol. The minimum atomic E-state index is -3.48. The first-order valence-electron chi connectivity index (χ1n) is 7.17. The highest BCUT2D eigenvalue weighted by Gasteiger charge is 2.16. The third-order valence-electron chi connectivity index (χ3n) is 2.85. The van der Waals surface area contributed by atoms with Crippen LogP contribution < -0.4 is 25.4 Å². The third-order valence-corrected chi connectivity index (χ3v) is 3.44. The predicted octanol–water partition coefficient (Wildman–Crippen LogP) is 0.713. The molecule has 0 saturated carbocycles. The average molecular weight is 358 g/mol. The molecule has 9 nitrogen and oxygen atoms in total. The van der Waals surface area contributed by atoms with Gasteiger partial charge in [-0.15, -0.1) is 0 Å². The minimum Gasteiger partial charge on any atom is -0.495 e. The summed E-state index contributed by atoms with van der Waals surface area (Å²) in [7, 11) is -2.07. The Morgan fingerprint density at radius 2 is 1.96 bits per heavy atom. The van der Waals surface area contributed by atoms with Gasteiger partial charge in [0, 0.05) is 12.2 Å². The van der Waals surface area contributed by atoms with Crippen molar-refractivity contribution >= 4 is 33.3 Å². The van der Waals surface area contributed by atoms with Gasteiger partial charge < -0.3 is 15.4 Å². The zero-order valence-corrected chi connectivity index (χ0v) is 14.8. The molecule has 1 unspecified atom stereocenters. The summed E-state index contributed by atoms with van der Waals surface area (Å²) in [5, 5.41) is 7.53. The molecule has 0 radical (unpaired) electrons. The Bertz CT molecular complexity index is 705. The first-order valence-corrected chi connectivity index (χ1v) is 9.06. The zero-order chi connectivity index (χ0) is 18.3. The van der Waals surface area contributed by atoms with Gasteiger partial charge in [-0.05, 0) is 32.0 Å². The number of urea groups is 1. The number of imide groups is 1. The Hall–Kier alpha value is -2.49. The van der Waals surface area contributed by atoms with Crippen LogP contribution in [0.25, 0.3) is 0 Å². The van der Waals surface area contributed by atoms with Gasteiger partial charge >= 0.3 is 6.03 Å². The number of nitrogens with one attached hydrogen (secondary N) is 4. The van der Waals surface area contributed by atoms with E-state index in [1.807, 2.05) is 0 Å². The van der Waals surface area contributed by atoms with Crippen molar-refractivity contribution in [2.24, 2.45) is 0 Å². The number of hydrogen-bond donors (Lipinski definition) is 4. The molecule has 1 rings (SSSR count). The van der Waals surface area contributed by atoms with Gasteiger partial charge in [0.2, 0.25) is 15.9 Å². The number of carbonyl (C=O) groups is 2. The number of amides is 3. The van der Waals surface area contributed by atoms with Crippen molar-refractivity contribution in [3.63, 3.8) is 0 Å². The van der Waals surface area contributed by atoms with Gasteiger partial charge in [-0.2, -0.15) is 0 Å². The first kappa shape index (κ1) is 19.6. The Morgan fingerprint density at radius 3 is 2.50 bits per heavy atom. The lowest BCUT2D eigenvalue weighted by atomic mass is 10.2. The molecule has 0 saturated heterocycles. The number of sulfonamides is 1. The number of ether oxygens (including phenoxy) is 1. The van der Waals surface area contributed by atoms with Crippen molar-refractivity contribution in [2.45, 2.75) is 19.9 Å². The van der Waals surface area contributed by atoms with Gasteiger partial charge in [-0.25, -0.2) is 13.2 Å². The van der Waals surface area contributed by atoms with Gasteiger partial charge in [0.1, 0.15) is 11.8 Å². The van der Waals surface area contributed by atoms with Crippen LogP contribution in [0.15, 0.2) is 18.2 Å². The van der Waals surface area contributed by atoms with Crippen molar-refractivity contribution < 1.29 is 22.7 Å². The molecule has 0 aromatic heterocycles. The molecule has 10 heteroatoms. The van der Waals surface area contributed by atoms with Crippen molar-refractivity contribution in [2.75, 3.05) is 29.9 Å². The summed E-state index contributed by atoms with van der Waals surface area (Å²) < 4.78 is 30.2. The minimum absolute atomic E-state index is 0.237. The molecule has 24 heavy (non-hydrogen) atoms. The Balaban J connectivity index is 2.85. The van der Waals surface area contributed by atoms with Crippen molar-refractivity contribution in [1.29, 1.82) is 0 Å². The highest BCUT2D eigenvalue weighted by atomic mass is 32.2. The largest absolute Gasteiger partial charge is 0.495 e. The maximum Gasteiger partial charge on any atom is 0.321 e. The molecule has 0 bridgehead atoms. The molecule has 0 fully saturated rings. The summed E-state index contributed by atoms with van der Waals surface area (Å²) in [6, 6.07) is 3.39. The highest BCUT2D eigenvalue weighted by molar-refractivity contribution is 7.92. The Kier molecular flexibility index (Phi) is 6.83. The topological polar surface area (TPSA) is 126 Å². The van der Waals surface area contributed by atoms with E-state index in [0.29, 0.717) is 18.0 Å². The van der Waals surface area contributed by atoms with Crippen LogP contribution in [0.5, 0.6) is 5.75 Å². The summed E-state index contributed by atoms with van der Waals surface area (Å²) in [5.74, 6) is -0.181. The SMILES string of the molecule is CCNC(=O)NC(=O)C(C)Nc1ccc(OC)c(NS(C)(=O)=O)c1. The van der Waals surface area contributed by atoms with Crippen molar-refractivity contribution in [3.8, 4) is 5.75 Å². The van der Waals surface area contributed by atoms with Crippen molar-refractivity contribution in [1.82, 2.24) is 10.6 Å². The second kappa shape index (κ2) is 8.39. The number of rotatable bonds is 7. The fourth-order valence-corrected chi connectivity index (χ4v) is 2.38. The maximum atomic E-state index is 11.9. The Morgan fingerprint density at radius 1 is 1.29 bits per heavy atom. The van der Waals surface area contributed by atoms with E-state index in [-0.39, 0.29) is 5.69 Å². The normalized spacial score (nSPS) is 12.0. The van der Waals surface area contributed by atoms with Gasteiger partial charge in [0.25, 0.3) is 0 Å². The van der Waals surface area contributed by atoms with Crippen LogP contribution >= 0.6 is 0 Å². The van der Waals surface area contributed by atoms with Gasteiger partial charge in [-0.3, -0.25) is 14.8 Å². The van der Waals surface area contributed by atoms with Crippen LogP contribution in [-0.2, 0) is 14.8 Å². The van der Waals surface area contributed by atoms with Crippen LogP contribution in [0, 0.1) is 0 Å². The summed E-state index contributed by atoms with van der Waals surface area (Å²) in [5.41, 5.74) is 0.724. The average Bonchev–Trinajstić information content (AvgIpc) is 2.46. The molecule has 4 N–H and O–H groups in total. The van der Waals surface area contributed by atoms with Crippen LogP contribution in [0.1, 0.15) is 13.8 Å². The molecule has 0 aliphatic rings. The highest BCUT2D eigenvalue weighted by Crippen LogP contribution is 2.28. The van der Waals surface area contributed by atoms with E-state index < -0.39 is 28.0 Å². The number of benzene rings is 1. The smallest absolute Gasteiger partial charge is 0.321 e. The zero-order valence-electron chi connectivity index (χ0n) is 14.0. The number of methoxy groups -OCH3 is 1. The van der Waals surface area contributed by atoms with Gasteiger partial charge in [0.15, 0.2) is 0 Å². The van der Waals surface area contributed by atoms with E-state index in [0.717, 1.165) is 6.26 Å². The second-order valence-corrected chi connectivity index (χ2v) is 6.75. The van der Waals surface area contributed by atoms with E-state index >= 15 is 0 Å². The predicted molar refractivity (Wildman–Crippen MR) is 91.8 cm³/mol. The van der Waals surface area contributed by atoms with E-state index in [1.54, 1.807) is 26.0 Å². The molecule has 1 aromatic carbocycles. The number of hydrogen-bond acceptors (Lipinski definition) is 6. The molecule has 1 atom stereocenters. The quantitative estimate of drug-likeness (QED) is 0.569. The molecule has 134 valence electrons. The standard InChI is InChI=1S/C14H22N4O5S/c1-5-15-14(20)17-13(19)9(2)16-10-6-7-12(23-3)11(8-10)18-24(4,21)22/h6-9,16,18H,5H2,1-4H3,(H2,15,17,19,20). The van der Waals surface area contributed by atoms with E-state index in [4.69, 9.17) is 4.74 Å². The van der Waals surface area contributed by atoms with E-state index in [2.05, 4.69) is 20.7 Å². The molecule has 0 spiro atoms. The van der Waals surface area contributed by atoms with Crippen LogP contribution in [-0.4, -0.2) is 46.3 Å². The molecule has 0 aliphatic heterocycles. The molecular formula is C14H22N4O5S. The van der Waals surface area contributed by atoms with E-state index in [9.17, 15) is 18.0 Å². The van der Waals surface area contributed by atoms with Gasteiger partial charge in [-0.1, -0.05) is 0 Å². The van der Waals surface area contributed by atoms with Crippen LogP contribution in [0.3, 0.4) is 0 Å². The monoisotopic (exact) mass is 358 g/mol. The molecule has 1 aromatic rings. The lowest BCUT2D eigenvalue weighted by molar-refractivity contribution is -0.120. The van der Waals surface area contributed by atoms with Crippen molar-refractivity contribution in [3.05, 3.63) is 18.2 Å². The van der Waals surface area contributed by atoms with Gasteiger partial charge in [0.05, 0.1) is 19.1 Å². The fraction of sp³-hybridized carbons (Fsp3) is 0.429. The molecule has 0 aliphatic carbocycles. The third kappa shape index (κ3) is 6.32. The maximum absolute atomic E-state index is 11.9. The Labute approximate surface area is 141 Å². The summed E-state index contributed by atoms with van der Waals surface area (Å²) in [4.78, 5) is 23.2. The summed E-state index contributed by atoms with van der Waals surface area (Å²) in [6.45, 7) is 3.71. The van der Waals surface area contributed by atoms with Crippen LogP contribution in [0.4, 0.5) is 16.2 Å².